The Morgan fingerprint density at radius 1 is 0.837 bits per heavy atom. The highest BCUT2D eigenvalue weighted by Gasteiger charge is 2.57. The molecule has 2 unspecified atom stereocenters. The predicted molar refractivity (Wildman–Crippen MR) is 172 cm³/mol. The van der Waals surface area contributed by atoms with Crippen LogP contribution in [0.15, 0.2) is 101 Å². The molecule has 7 nitrogen and oxygen atoms in total. The van der Waals surface area contributed by atoms with E-state index in [1.54, 1.807) is 42.5 Å². The summed E-state index contributed by atoms with van der Waals surface area (Å²) in [6.07, 6.45) is 0. The average Bonchev–Trinajstić information content (AvgIpc) is 3.45. The normalized spacial score (nSPS) is 19.4. The monoisotopic (exact) mass is 645 g/mol. The number of halogens is 2. The molecular weight excluding hydrogens is 625 g/mol. The summed E-state index contributed by atoms with van der Waals surface area (Å²) in [4.78, 5) is 55.9. The number of carbonyl (C=O) groups excluding carboxylic acids is 3. The van der Waals surface area contributed by atoms with Crippen LogP contribution in [0, 0.1) is 5.92 Å². The Kier molecular flexibility index (Phi) is 7.13. The average molecular weight is 647 g/mol. The molecule has 0 saturated carbocycles. The molecule has 4 aromatic carbocycles. The van der Waals surface area contributed by atoms with Gasteiger partial charge < -0.3 is 5.32 Å². The number of amides is 3. The third-order valence-corrected chi connectivity index (χ3v) is 11.2. The summed E-state index contributed by atoms with van der Waals surface area (Å²) in [6.45, 7) is -0.261. The molecule has 0 aliphatic carbocycles. The first-order chi connectivity index (χ1) is 20.8. The van der Waals surface area contributed by atoms with Crippen molar-refractivity contribution in [2.45, 2.75) is 22.7 Å². The van der Waals surface area contributed by atoms with Gasteiger partial charge in [0.2, 0.25) is 17.7 Å². The first-order valence-electron chi connectivity index (χ1n) is 13.4. The fourth-order valence-corrected chi connectivity index (χ4v) is 8.98. The van der Waals surface area contributed by atoms with Gasteiger partial charge in [-0.2, -0.15) is 0 Å². The van der Waals surface area contributed by atoms with E-state index in [9.17, 15) is 19.2 Å². The molecule has 214 valence electrons. The van der Waals surface area contributed by atoms with Crippen molar-refractivity contribution in [3.05, 3.63) is 121 Å². The second kappa shape index (κ2) is 11.0. The summed E-state index contributed by atoms with van der Waals surface area (Å²) in [7, 11) is 0. The zero-order valence-corrected chi connectivity index (χ0v) is 25.3. The number of benzene rings is 4. The van der Waals surface area contributed by atoms with Crippen molar-refractivity contribution in [3.63, 3.8) is 0 Å². The largest absolute Gasteiger partial charge is 0.325 e. The number of anilines is 2. The molecule has 0 radical (unpaired) electrons. The lowest BCUT2D eigenvalue weighted by Crippen LogP contribution is -2.33. The summed E-state index contributed by atoms with van der Waals surface area (Å²) in [5, 5.41) is 5.10. The fourth-order valence-electron chi connectivity index (χ4n) is 5.79. The van der Waals surface area contributed by atoms with Gasteiger partial charge in [-0.15, -0.1) is 0 Å². The second-order valence-electron chi connectivity index (χ2n) is 10.3. The first-order valence-corrected chi connectivity index (χ1v) is 15.8. The number of thiazole rings is 1. The summed E-state index contributed by atoms with van der Waals surface area (Å²) in [6, 6.07) is 27.3. The van der Waals surface area contributed by atoms with Crippen LogP contribution >= 0.6 is 46.3 Å². The van der Waals surface area contributed by atoms with Crippen molar-refractivity contribution < 1.29 is 14.4 Å². The molecule has 0 bridgehead atoms. The zero-order chi connectivity index (χ0) is 29.8. The van der Waals surface area contributed by atoms with E-state index in [2.05, 4.69) is 5.32 Å². The third-order valence-electron chi connectivity index (χ3n) is 7.72. The van der Waals surface area contributed by atoms with E-state index < -0.39 is 23.0 Å². The summed E-state index contributed by atoms with van der Waals surface area (Å²) < 4.78 is 1.38. The molecule has 2 aliphatic rings. The van der Waals surface area contributed by atoms with Gasteiger partial charge in [-0.05, 0) is 46.7 Å². The molecule has 0 spiro atoms. The van der Waals surface area contributed by atoms with Crippen LogP contribution in [0.2, 0.25) is 10.0 Å². The van der Waals surface area contributed by atoms with Gasteiger partial charge in [-0.1, -0.05) is 107 Å². The van der Waals surface area contributed by atoms with E-state index in [1.165, 1.54) is 9.47 Å². The van der Waals surface area contributed by atoms with E-state index in [0.29, 0.717) is 31.9 Å². The number of aromatic nitrogens is 1. The van der Waals surface area contributed by atoms with E-state index in [4.69, 9.17) is 23.2 Å². The summed E-state index contributed by atoms with van der Waals surface area (Å²) >= 11 is 15.2. The number of hydrogen-bond acceptors (Lipinski definition) is 6. The number of hydrogen-bond donors (Lipinski definition) is 1. The van der Waals surface area contributed by atoms with Crippen LogP contribution in [-0.4, -0.2) is 27.5 Å². The maximum absolute atomic E-state index is 14.0. The highest BCUT2D eigenvalue weighted by Crippen LogP contribution is 2.55. The highest BCUT2D eigenvalue weighted by atomic mass is 35.5. The standard InChI is InChI=1S/C32H21Cl2N3O4S2/c33-22-12-6-11-21(26(22)34)24-25-27(30(40)37(29(25)39)20-9-2-1-3-10-20)42-31-28(24)43-32(41)36(31)16-23(38)35-19-14-13-17-7-4-5-8-18(17)15-19/h1-15,24-25,27H,16H2,(H,35,38)/t24-,25?,27?/m1/s1. The molecule has 1 N–H and O–H groups in total. The van der Waals surface area contributed by atoms with Crippen LogP contribution in [0.1, 0.15) is 16.4 Å². The molecule has 3 amide bonds. The van der Waals surface area contributed by atoms with Gasteiger partial charge in [-0.3, -0.25) is 23.7 Å². The number of rotatable bonds is 5. The van der Waals surface area contributed by atoms with E-state index >= 15 is 0 Å². The Hall–Kier alpha value is -3.89. The molecule has 7 rings (SSSR count). The van der Waals surface area contributed by atoms with Gasteiger partial charge in [0.25, 0.3) is 0 Å². The lowest BCUT2D eigenvalue weighted by Gasteiger charge is -2.31. The van der Waals surface area contributed by atoms with Crippen LogP contribution in [0.25, 0.3) is 10.8 Å². The fraction of sp³-hybridized carbons (Fsp3) is 0.125. The number of thioether (sulfide) groups is 1. The summed E-state index contributed by atoms with van der Waals surface area (Å²) in [5.74, 6) is -2.68. The number of para-hydroxylation sites is 1. The topological polar surface area (TPSA) is 88.5 Å². The Morgan fingerprint density at radius 2 is 1.58 bits per heavy atom. The smallest absolute Gasteiger partial charge is 0.308 e. The van der Waals surface area contributed by atoms with E-state index in [-0.39, 0.29) is 28.3 Å². The molecule has 1 aromatic heterocycles. The van der Waals surface area contributed by atoms with Gasteiger partial charge in [0.15, 0.2) is 0 Å². The minimum absolute atomic E-state index is 0.255. The van der Waals surface area contributed by atoms with Gasteiger partial charge in [0.1, 0.15) is 11.8 Å². The maximum atomic E-state index is 14.0. The Labute approximate surface area is 264 Å². The maximum Gasteiger partial charge on any atom is 0.308 e. The molecule has 3 heterocycles. The quantitative estimate of drug-likeness (QED) is 0.212. The van der Waals surface area contributed by atoms with Crippen LogP contribution in [-0.2, 0) is 20.9 Å². The molecule has 1 saturated heterocycles. The van der Waals surface area contributed by atoms with Gasteiger partial charge in [0.05, 0.1) is 26.7 Å². The minimum atomic E-state index is -0.830. The van der Waals surface area contributed by atoms with Crippen LogP contribution < -0.4 is 15.1 Å². The van der Waals surface area contributed by atoms with E-state index in [0.717, 1.165) is 33.9 Å². The molecule has 5 aromatic rings. The Morgan fingerprint density at radius 3 is 2.37 bits per heavy atom. The van der Waals surface area contributed by atoms with Crippen molar-refractivity contribution in [1.82, 2.24) is 4.57 Å². The predicted octanol–water partition coefficient (Wildman–Crippen LogP) is 6.80. The van der Waals surface area contributed by atoms with Gasteiger partial charge in [-0.25, -0.2) is 4.90 Å². The van der Waals surface area contributed by atoms with Crippen LogP contribution in [0.3, 0.4) is 0 Å². The van der Waals surface area contributed by atoms with Gasteiger partial charge in [0, 0.05) is 16.5 Å². The number of nitrogens with zero attached hydrogens (tertiary/aromatic N) is 2. The summed E-state index contributed by atoms with van der Waals surface area (Å²) in [5.41, 5.74) is 1.63. The molecule has 3 atom stereocenters. The zero-order valence-electron chi connectivity index (χ0n) is 22.2. The third kappa shape index (κ3) is 4.77. The molecule has 43 heavy (non-hydrogen) atoms. The van der Waals surface area contributed by atoms with Crippen LogP contribution in [0.5, 0.6) is 0 Å². The lowest BCUT2D eigenvalue weighted by atomic mass is 9.83. The number of imide groups is 1. The molecule has 2 aliphatic heterocycles. The Bertz CT molecular complexity index is 2010. The van der Waals surface area contributed by atoms with Crippen molar-refractivity contribution in [1.29, 1.82) is 0 Å². The second-order valence-corrected chi connectivity index (χ2v) is 13.2. The highest BCUT2D eigenvalue weighted by molar-refractivity contribution is 8.00. The SMILES string of the molecule is O=C(Cn1c2c(sc1=O)[C@H](c1cccc(Cl)c1Cl)C1C(=O)N(c3ccccc3)C(=O)C1S2)Nc1ccc2ccccc2c1. The number of nitrogens with one attached hydrogen (secondary N) is 1. The van der Waals surface area contributed by atoms with Gasteiger partial charge >= 0.3 is 4.87 Å². The first kappa shape index (κ1) is 27.9. The van der Waals surface area contributed by atoms with Crippen LogP contribution in [0.4, 0.5) is 11.4 Å². The van der Waals surface area contributed by atoms with E-state index in [1.807, 2.05) is 48.5 Å². The van der Waals surface area contributed by atoms with Crippen molar-refractivity contribution in [2.24, 2.45) is 5.92 Å². The Balaban J connectivity index is 1.28. The van der Waals surface area contributed by atoms with Crippen molar-refractivity contribution in [3.8, 4) is 0 Å². The van der Waals surface area contributed by atoms with Crippen molar-refractivity contribution >= 4 is 86.2 Å². The minimum Gasteiger partial charge on any atom is -0.325 e. The van der Waals surface area contributed by atoms with Crippen molar-refractivity contribution in [2.75, 3.05) is 10.2 Å². The lowest BCUT2D eigenvalue weighted by molar-refractivity contribution is -0.122. The molecular formula is C32H21Cl2N3O4S2. The number of fused-ring (bicyclic) bond motifs is 3. The number of carbonyl (C=O) groups is 3. The molecule has 1 fully saturated rings. The molecule has 11 heteroatoms.